The number of anilines is 1. The molecule has 1 unspecified atom stereocenters. The number of carbonyl (C=O) groups excluding carboxylic acids is 3. The van der Waals surface area contributed by atoms with E-state index >= 15 is 0 Å². The van der Waals surface area contributed by atoms with E-state index in [1.807, 2.05) is 18.2 Å². The molecular weight excluding hydrogens is 464 g/mol. The summed E-state index contributed by atoms with van der Waals surface area (Å²) in [6.45, 7) is 7.78. The third-order valence-corrected chi connectivity index (χ3v) is 8.24. The van der Waals surface area contributed by atoms with Crippen LogP contribution in [-0.2, 0) is 21.7 Å². The molecule has 0 radical (unpaired) electrons. The summed E-state index contributed by atoms with van der Waals surface area (Å²) in [4.78, 5) is 50.3. The number of amides is 4. The number of hydrogen-bond donors (Lipinski definition) is 3. The molecule has 9 nitrogen and oxygen atoms in total. The van der Waals surface area contributed by atoms with Crippen molar-refractivity contribution < 1.29 is 14.4 Å². The highest BCUT2D eigenvalue weighted by Gasteiger charge is 2.43. The number of aromatic nitrogens is 2. The minimum absolute atomic E-state index is 0.0311. The van der Waals surface area contributed by atoms with Crippen LogP contribution < -0.4 is 20.9 Å². The molecule has 10 heteroatoms. The Morgan fingerprint density at radius 2 is 2.00 bits per heavy atom. The van der Waals surface area contributed by atoms with Crippen LogP contribution in [0.1, 0.15) is 41.3 Å². The van der Waals surface area contributed by atoms with Crippen molar-refractivity contribution in [3.05, 3.63) is 52.2 Å². The quantitative estimate of drug-likeness (QED) is 0.472. The number of aryl methyl sites for hydroxylation is 2. The van der Waals surface area contributed by atoms with Gasteiger partial charge in [0, 0.05) is 30.4 Å². The first-order chi connectivity index (χ1) is 16.8. The summed E-state index contributed by atoms with van der Waals surface area (Å²) in [5, 5.41) is 9.12. The number of fused-ring (bicyclic) bond motifs is 1. The maximum absolute atomic E-state index is 12.9. The summed E-state index contributed by atoms with van der Waals surface area (Å²) < 4.78 is 0. The van der Waals surface area contributed by atoms with Gasteiger partial charge >= 0.3 is 6.03 Å². The lowest BCUT2D eigenvalue weighted by Gasteiger charge is -2.32. The van der Waals surface area contributed by atoms with Crippen molar-refractivity contribution in [3.8, 4) is 0 Å². The van der Waals surface area contributed by atoms with Crippen LogP contribution in [0.25, 0.3) is 10.2 Å². The van der Waals surface area contributed by atoms with Gasteiger partial charge < -0.3 is 15.5 Å². The monoisotopic (exact) mass is 492 g/mol. The van der Waals surface area contributed by atoms with Crippen LogP contribution in [0.5, 0.6) is 0 Å². The van der Waals surface area contributed by atoms with Gasteiger partial charge in [0.25, 0.3) is 5.91 Å². The van der Waals surface area contributed by atoms with Crippen LogP contribution in [0.2, 0.25) is 0 Å². The number of urea groups is 1. The number of rotatable bonds is 5. The average Bonchev–Trinajstić information content (AvgIpc) is 3.31. The van der Waals surface area contributed by atoms with Crippen molar-refractivity contribution in [3.63, 3.8) is 0 Å². The number of hydrogen-bond acceptors (Lipinski definition) is 7. The number of nitrogens with zero attached hydrogens (tertiary/aromatic N) is 3. The molecule has 0 aliphatic carbocycles. The number of piperidine rings is 1. The minimum atomic E-state index is -1.12. The summed E-state index contributed by atoms with van der Waals surface area (Å²) >= 11 is 1.69. The Labute approximate surface area is 207 Å². The van der Waals surface area contributed by atoms with Crippen molar-refractivity contribution in [2.75, 3.05) is 18.0 Å². The highest BCUT2D eigenvalue weighted by molar-refractivity contribution is 7.18. The van der Waals surface area contributed by atoms with Crippen molar-refractivity contribution >= 4 is 45.2 Å². The van der Waals surface area contributed by atoms with Gasteiger partial charge in [0.2, 0.25) is 5.91 Å². The lowest BCUT2D eigenvalue weighted by atomic mass is 9.91. The smallest absolute Gasteiger partial charge is 0.322 e. The molecule has 182 valence electrons. The van der Waals surface area contributed by atoms with E-state index in [0.29, 0.717) is 12.1 Å². The van der Waals surface area contributed by atoms with Crippen molar-refractivity contribution in [1.82, 2.24) is 25.9 Å². The van der Waals surface area contributed by atoms with E-state index < -0.39 is 11.6 Å². The molecule has 3 N–H and O–H groups in total. The van der Waals surface area contributed by atoms with Gasteiger partial charge in [-0.05, 0) is 50.3 Å². The molecule has 2 fully saturated rings. The molecule has 0 bridgehead atoms. The van der Waals surface area contributed by atoms with E-state index in [1.165, 1.54) is 10.4 Å². The van der Waals surface area contributed by atoms with Gasteiger partial charge in [0.1, 0.15) is 22.5 Å². The fourth-order valence-corrected chi connectivity index (χ4v) is 5.82. The van der Waals surface area contributed by atoms with Crippen molar-refractivity contribution in [2.45, 2.75) is 45.7 Å². The highest BCUT2D eigenvalue weighted by atomic mass is 32.1. The second-order valence-corrected chi connectivity index (χ2v) is 10.6. The zero-order valence-electron chi connectivity index (χ0n) is 20.0. The van der Waals surface area contributed by atoms with Crippen molar-refractivity contribution in [2.24, 2.45) is 5.92 Å². The van der Waals surface area contributed by atoms with Crippen LogP contribution >= 0.6 is 11.3 Å². The fraction of sp³-hybridized carbons (Fsp3) is 0.400. The van der Waals surface area contributed by atoms with Gasteiger partial charge in [-0.25, -0.2) is 14.8 Å². The Bertz CT molecular complexity index is 1330. The van der Waals surface area contributed by atoms with E-state index in [9.17, 15) is 14.4 Å². The minimum Gasteiger partial charge on any atom is -0.356 e. The third kappa shape index (κ3) is 4.22. The lowest BCUT2D eigenvalue weighted by molar-refractivity contribution is -0.126. The lowest BCUT2D eigenvalue weighted by Crippen LogP contribution is -2.41. The predicted octanol–water partition coefficient (Wildman–Crippen LogP) is 2.90. The van der Waals surface area contributed by atoms with Crippen LogP contribution in [0.15, 0.2) is 30.6 Å². The molecule has 35 heavy (non-hydrogen) atoms. The maximum atomic E-state index is 12.9. The molecule has 3 aromatic rings. The second kappa shape index (κ2) is 8.92. The molecule has 1 atom stereocenters. The standard InChI is InChI=1S/C25H28N6O3S/c1-14-15(2)35-22-19(14)20(27-13-28-22)31-9-7-17(8-10-31)21(32)26-12-16-5-4-6-18(11-16)25(3)23(33)29-24(34)30-25/h4-6,11,13,17H,7-10,12H2,1-3H3,(H,26,32)(H2,29,30,33,34). The molecule has 0 spiro atoms. The summed E-state index contributed by atoms with van der Waals surface area (Å²) in [6, 6.07) is 6.87. The zero-order valence-corrected chi connectivity index (χ0v) is 20.8. The Kier molecular flexibility index (Phi) is 5.92. The highest BCUT2D eigenvalue weighted by Crippen LogP contribution is 2.35. The molecule has 2 aromatic heterocycles. The molecule has 2 aliphatic heterocycles. The largest absolute Gasteiger partial charge is 0.356 e. The summed E-state index contributed by atoms with van der Waals surface area (Å²) in [5.41, 5.74) is 1.66. The molecule has 4 amide bonds. The fourth-order valence-electron chi connectivity index (χ4n) is 4.83. The number of benzene rings is 1. The molecule has 2 saturated heterocycles. The first-order valence-corrected chi connectivity index (χ1v) is 12.5. The number of nitrogens with one attached hydrogen (secondary N) is 3. The Morgan fingerprint density at radius 3 is 2.71 bits per heavy atom. The number of thiophene rings is 1. The maximum Gasteiger partial charge on any atom is 0.322 e. The third-order valence-electron chi connectivity index (χ3n) is 7.13. The summed E-state index contributed by atoms with van der Waals surface area (Å²) in [5.74, 6) is 0.548. The van der Waals surface area contributed by atoms with Gasteiger partial charge in [-0.2, -0.15) is 0 Å². The van der Waals surface area contributed by atoms with E-state index in [1.54, 1.807) is 30.7 Å². The van der Waals surface area contributed by atoms with Crippen LogP contribution in [-0.4, -0.2) is 40.9 Å². The first-order valence-electron chi connectivity index (χ1n) is 11.7. The number of imide groups is 1. The van der Waals surface area contributed by atoms with Crippen LogP contribution in [0, 0.1) is 19.8 Å². The van der Waals surface area contributed by atoms with E-state index in [2.05, 4.69) is 44.7 Å². The van der Waals surface area contributed by atoms with Crippen LogP contribution in [0.3, 0.4) is 0 Å². The summed E-state index contributed by atoms with van der Waals surface area (Å²) in [7, 11) is 0. The molecule has 4 heterocycles. The Balaban J connectivity index is 1.20. The van der Waals surface area contributed by atoms with Crippen LogP contribution in [0.4, 0.5) is 10.6 Å². The predicted molar refractivity (Wildman–Crippen MR) is 134 cm³/mol. The molecule has 0 saturated carbocycles. The normalized spacial score (nSPS) is 20.7. The number of carbonyl (C=O) groups is 3. The van der Waals surface area contributed by atoms with E-state index in [-0.39, 0.29) is 17.7 Å². The van der Waals surface area contributed by atoms with Gasteiger partial charge in [-0.15, -0.1) is 11.3 Å². The summed E-state index contributed by atoms with van der Waals surface area (Å²) in [6.07, 6.45) is 3.13. The molecular formula is C25H28N6O3S. The van der Waals surface area contributed by atoms with Gasteiger partial charge in [0.15, 0.2) is 0 Å². The zero-order chi connectivity index (χ0) is 24.7. The average molecular weight is 493 g/mol. The first kappa shape index (κ1) is 23.2. The molecule has 1 aromatic carbocycles. The topological polar surface area (TPSA) is 116 Å². The van der Waals surface area contributed by atoms with Crippen molar-refractivity contribution in [1.29, 1.82) is 0 Å². The van der Waals surface area contributed by atoms with E-state index in [0.717, 1.165) is 47.5 Å². The Morgan fingerprint density at radius 1 is 1.23 bits per heavy atom. The van der Waals surface area contributed by atoms with Gasteiger partial charge in [-0.3, -0.25) is 14.9 Å². The second-order valence-electron chi connectivity index (χ2n) is 9.37. The Hall–Kier alpha value is -3.53. The van der Waals surface area contributed by atoms with Gasteiger partial charge in [0.05, 0.1) is 5.39 Å². The van der Waals surface area contributed by atoms with E-state index in [4.69, 9.17) is 0 Å². The molecule has 5 rings (SSSR count). The molecule has 2 aliphatic rings. The SMILES string of the molecule is Cc1sc2ncnc(N3CCC(C(=O)NCc4cccc(C5(C)NC(=O)NC5=O)c4)CC3)c2c1C. The van der Waals surface area contributed by atoms with Gasteiger partial charge in [-0.1, -0.05) is 24.3 Å².